The second kappa shape index (κ2) is 5.80. The molecule has 3 heteroatoms. The third-order valence-electron chi connectivity index (χ3n) is 3.47. The van der Waals surface area contributed by atoms with E-state index in [4.69, 9.17) is 0 Å². The van der Waals surface area contributed by atoms with Crippen molar-refractivity contribution in [2.75, 3.05) is 0 Å². The van der Waals surface area contributed by atoms with E-state index < -0.39 is 15.1 Å². The number of hydrogen-bond acceptors (Lipinski definition) is 2. The molecule has 2 aromatic carbocycles. The third-order valence-corrected chi connectivity index (χ3v) is 5.64. The lowest BCUT2D eigenvalue weighted by molar-refractivity contribution is 0.587. The number of rotatable bonds is 4. The van der Waals surface area contributed by atoms with Gasteiger partial charge in [0.15, 0.2) is 9.84 Å². The Morgan fingerprint density at radius 2 is 1.60 bits per heavy atom. The molecule has 0 saturated heterocycles. The topological polar surface area (TPSA) is 34.1 Å². The highest BCUT2D eigenvalue weighted by atomic mass is 32.2. The van der Waals surface area contributed by atoms with E-state index >= 15 is 0 Å². The summed E-state index contributed by atoms with van der Waals surface area (Å²) >= 11 is 0. The van der Waals surface area contributed by atoms with E-state index in [1.54, 1.807) is 26.0 Å². The first-order valence-electron chi connectivity index (χ1n) is 6.88. The lowest BCUT2D eigenvalue weighted by atomic mass is 10.0. The van der Waals surface area contributed by atoms with Crippen LogP contribution in [0, 0.1) is 0 Å². The van der Waals surface area contributed by atoms with Gasteiger partial charge in [-0.1, -0.05) is 43.3 Å². The van der Waals surface area contributed by atoms with Crippen LogP contribution in [0.1, 0.15) is 26.3 Å². The molecule has 0 atom stereocenters. The Hall–Kier alpha value is -1.61. The van der Waals surface area contributed by atoms with Gasteiger partial charge >= 0.3 is 0 Å². The first kappa shape index (κ1) is 14.8. The average Bonchev–Trinajstić information content (AvgIpc) is 2.47. The Bertz CT molecular complexity index is 683. The number of sulfone groups is 1. The minimum atomic E-state index is -3.19. The molecule has 0 aliphatic rings. The molecule has 106 valence electrons. The Morgan fingerprint density at radius 1 is 0.950 bits per heavy atom. The van der Waals surface area contributed by atoms with E-state index in [1.165, 1.54) is 5.56 Å². The van der Waals surface area contributed by atoms with E-state index in [9.17, 15) is 8.42 Å². The van der Waals surface area contributed by atoms with Crippen LogP contribution in [0.15, 0.2) is 53.4 Å². The maximum atomic E-state index is 12.1. The molecule has 2 aromatic rings. The van der Waals surface area contributed by atoms with Crippen LogP contribution in [0.3, 0.4) is 0 Å². The van der Waals surface area contributed by atoms with Crippen LogP contribution in [0.2, 0.25) is 0 Å². The van der Waals surface area contributed by atoms with Crippen molar-refractivity contribution in [1.29, 1.82) is 0 Å². The van der Waals surface area contributed by atoms with Crippen molar-refractivity contribution >= 4 is 9.84 Å². The molecule has 0 aromatic heterocycles. The van der Waals surface area contributed by atoms with E-state index in [1.807, 2.05) is 24.3 Å². The number of hydrogen-bond donors (Lipinski definition) is 0. The minimum Gasteiger partial charge on any atom is -0.223 e. The van der Waals surface area contributed by atoms with Crippen molar-refractivity contribution in [3.63, 3.8) is 0 Å². The zero-order valence-corrected chi connectivity index (χ0v) is 12.9. The molecular weight excluding hydrogens is 268 g/mol. The summed E-state index contributed by atoms with van der Waals surface area (Å²) in [5.41, 5.74) is 3.45. The molecule has 0 radical (unpaired) electrons. The highest BCUT2D eigenvalue weighted by Gasteiger charge is 2.18. The fraction of sp³-hybridized carbons (Fsp3) is 0.294. The van der Waals surface area contributed by atoms with Gasteiger partial charge in [-0.3, -0.25) is 0 Å². The Kier molecular flexibility index (Phi) is 4.29. The van der Waals surface area contributed by atoms with Gasteiger partial charge in [0, 0.05) is 0 Å². The standard InChI is InChI=1S/C17H20O2S/c1-4-14-6-5-7-16(12-14)15-8-10-17(11-9-15)20(18,19)13(2)3/h5-13H,4H2,1-3H3. The van der Waals surface area contributed by atoms with Gasteiger partial charge in [0.25, 0.3) is 0 Å². The first-order valence-corrected chi connectivity index (χ1v) is 8.43. The molecule has 0 fully saturated rings. The fourth-order valence-corrected chi connectivity index (χ4v) is 3.14. The van der Waals surface area contributed by atoms with E-state index in [2.05, 4.69) is 19.1 Å². The van der Waals surface area contributed by atoms with Crippen LogP contribution in [0.25, 0.3) is 11.1 Å². The maximum absolute atomic E-state index is 12.1. The molecule has 0 saturated carbocycles. The molecule has 0 bridgehead atoms. The summed E-state index contributed by atoms with van der Waals surface area (Å²) in [4.78, 5) is 0.392. The van der Waals surface area contributed by atoms with Gasteiger partial charge in [-0.2, -0.15) is 0 Å². The van der Waals surface area contributed by atoms with Gasteiger partial charge in [-0.25, -0.2) is 8.42 Å². The summed E-state index contributed by atoms with van der Waals surface area (Å²) in [6.07, 6.45) is 0.994. The molecule has 0 amide bonds. The highest BCUT2D eigenvalue weighted by Crippen LogP contribution is 2.24. The van der Waals surface area contributed by atoms with E-state index in [0.29, 0.717) is 4.90 Å². The van der Waals surface area contributed by atoms with Crippen molar-refractivity contribution in [2.24, 2.45) is 0 Å². The summed E-state index contributed by atoms with van der Waals surface area (Å²) in [5.74, 6) is 0. The van der Waals surface area contributed by atoms with Gasteiger partial charge in [0.2, 0.25) is 0 Å². The van der Waals surface area contributed by atoms with Crippen molar-refractivity contribution in [1.82, 2.24) is 0 Å². The lowest BCUT2D eigenvalue weighted by Gasteiger charge is -2.09. The second-order valence-electron chi connectivity index (χ2n) is 5.17. The summed E-state index contributed by atoms with van der Waals surface area (Å²) < 4.78 is 24.2. The minimum absolute atomic E-state index is 0.392. The maximum Gasteiger partial charge on any atom is 0.180 e. The van der Waals surface area contributed by atoms with E-state index in [0.717, 1.165) is 17.5 Å². The summed E-state index contributed by atoms with van der Waals surface area (Å²) in [5, 5.41) is -0.392. The predicted molar refractivity (Wildman–Crippen MR) is 83.6 cm³/mol. The predicted octanol–water partition coefficient (Wildman–Crippen LogP) is 4.10. The lowest BCUT2D eigenvalue weighted by Crippen LogP contribution is -2.13. The van der Waals surface area contributed by atoms with Crippen molar-refractivity contribution < 1.29 is 8.42 Å². The van der Waals surface area contributed by atoms with Gasteiger partial charge < -0.3 is 0 Å². The summed E-state index contributed by atoms with van der Waals surface area (Å²) in [6.45, 7) is 5.53. The molecule has 0 spiro atoms. The quantitative estimate of drug-likeness (QED) is 0.849. The SMILES string of the molecule is CCc1cccc(-c2ccc(S(=O)(=O)C(C)C)cc2)c1. The molecule has 2 rings (SSSR count). The molecule has 2 nitrogen and oxygen atoms in total. The van der Waals surface area contributed by atoms with Crippen LogP contribution in [-0.4, -0.2) is 13.7 Å². The third kappa shape index (κ3) is 2.93. The van der Waals surface area contributed by atoms with Crippen LogP contribution >= 0.6 is 0 Å². The molecule has 20 heavy (non-hydrogen) atoms. The van der Waals surface area contributed by atoms with Crippen LogP contribution in [-0.2, 0) is 16.3 Å². The molecule has 0 N–H and O–H groups in total. The first-order chi connectivity index (χ1) is 9.45. The second-order valence-corrected chi connectivity index (χ2v) is 7.68. The van der Waals surface area contributed by atoms with Gasteiger partial charge in [0.1, 0.15) is 0 Å². The number of aryl methyl sites for hydroxylation is 1. The highest BCUT2D eigenvalue weighted by molar-refractivity contribution is 7.92. The van der Waals surface area contributed by atoms with Gasteiger partial charge in [-0.15, -0.1) is 0 Å². The normalized spacial score (nSPS) is 11.8. The Morgan fingerprint density at radius 3 is 2.15 bits per heavy atom. The monoisotopic (exact) mass is 288 g/mol. The van der Waals surface area contributed by atoms with Crippen molar-refractivity contribution in [2.45, 2.75) is 37.3 Å². The molecular formula is C17H20O2S. The number of benzene rings is 2. The zero-order valence-electron chi connectivity index (χ0n) is 12.1. The van der Waals surface area contributed by atoms with Crippen molar-refractivity contribution in [3.05, 3.63) is 54.1 Å². The molecule has 0 heterocycles. The average molecular weight is 288 g/mol. The molecule has 0 aliphatic heterocycles. The Labute approximate surface area is 121 Å². The largest absolute Gasteiger partial charge is 0.223 e. The summed E-state index contributed by atoms with van der Waals surface area (Å²) in [7, 11) is -3.19. The smallest absolute Gasteiger partial charge is 0.180 e. The van der Waals surface area contributed by atoms with E-state index in [-0.39, 0.29) is 0 Å². The molecule has 0 aliphatic carbocycles. The molecule has 0 unspecified atom stereocenters. The van der Waals surface area contributed by atoms with Crippen LogP contribution in [0.5, 0.6) is 0 Å². The summed E-state index contributed by atoms with van der Waals surface area (Å²) in [6, 6.07) is 15.5. The van der Waals surface area contributed by atoms with Gasteiger partial charge in [-0.05, 0) is 49.1 Å². The zero-order chi connectivity index (χ0) is 14.8. The Balaban J connectivity index is 2.37. The van der Waals surface area contributed by atoms with Crippen LogP contribution < -0.4 is 0 Å². The van der Waals surface area contributed by atoms with Crippen molar-refractivity contribution in [3.8, 4) is 11.1 Å². The van der Waals surface area contributed by atoms with Crippen LogP contribution in [0.4, 0.5) is 0 Å². The fourth-order valence-electron chi connectivity index (χ4n) is 2.08. The van der Waals surface area contributed by atoms with Gasteiger partial charge in [0.05, 0.1) is 10.1 Å².